The Balaban J connectivity index is 1.86. The molecule has 2 aromatic carbocycles. The maximum Gasteiger partial charge on any atom is 0.0612 e. The molecule has 0 aromatic heterocycles. The summed E-state index contributed by atoms with van der Waals surface area (Å²) in [6, 6.07) is 14.7. The average Bonchev–Trinajstić information content (AvgIpc) is 2.43. The highest BCUT2D eigenvalue weighted by molar-refractivity contribution is 6.42. The summed E-state index contributed by atoms with van der Waals surface area (Å²) in [6.45, 7) is 0. The van der Waals surface area contributed by atoms with E-state index in [9.17, 15) is 0 Å². The molecule has 1 aliphatic carbocycles. The Labute approximate surface area is 123 Å². The number of halogens is 2. The van der Waals surface area contributed by atoms with Gasteiger partial charge in [-0.1, -0.05) is 47.5 Å². The Morgan fingerprint density at radius 2 is 1.84 bits per heavy atom. The molecule has 2 aromatic rings. The van der Waals surface area contributed by atoms with Crippen molar-refractivity contribution < 1.29 is 0 Å². The van der Waals surface area contributed by atoms with E-state index in [1.807, 2.05) is 18.2 Å². The number of rotatable bonds is 2. The lowest BCUT2D eigenvalue weighted by Crippen LogP contribution is -2.17. The zero-order valence-corrected chi connectivity index (χ0v) is 12.0. The fraction of sp³-hybridized carbons (Fsp3) is 0.250. The molecule has 3 heteroatoms. The van der Waals surface area contributed by atoms with Crippen LogP contribution in [0.5, 0.6) is 0 Å². The zero-order valence-electron chi connectivity index (χ0n) is 10.5. The highest BCUT2D eigenvalue weighted by Crippen LogP contribution is 2.33. The van der Waals surface area contributed by atoms with Crippen molar-refractivity contribution in [3.63, 3.8) is 0 Å². The van der Waals surface area contributed by atoms with Crippen molar-refractivity contribution in [2.24, 2.45) is 0 Å². The van der Waals surface area contributed by atoms with Gasteiger partial charge in [0.05, 0.1) is 16.1 Å². The van der Waals surface area contributed by atoms with E-state index in [4.69, 9.17) is 23.2 Å². The smallest absolute Gasteiger partial charge is 0.0612 e. The second kappa shape index (κ2) is 5.44. The van der Waals surface area contributed by atoms with Crippen LogP contribution in [-0.2, 0) is 6.42 Å². The lowest BCUT2D eigenvalue weighted by molar-refractivity contribution is 0.600. The summed E-state index contributed by atoms with van der Waals surface area (Å²) in [4.78, 5) is 0. The van der Waals surface area contributed by atoms with Crippen molar-refractivity contribution in [3.05, 3.63) is 63.6 Å². The molecule has 0 saturated heterocycles. The van der Waals surface area contributed by atoms with Crippen LogP contribution in [-0.4, -0.2) is 0 Å². The molecule has 3 rings (SSSR count). The minimum Gasteiger partial charge on any atom is -0.378 e. The van der Waals surface area contributed by atoms with E-state index in [0.29, 0.717) is 16.1 Å². The molecule has 0 aliphatic heterocycles. The van der Waals surface area contributed by atoms with Gasteiger partial charge < -0.3 is 5.32 Å². The van der Waals surface area contributed by atoms with Gasteiger partial charge in [0.15, 0.2) is 0 Å². The molecule has 1 aliphatic rings. The monoisotopic (exact) mass is 291 g/mol. The number of hydrogen-bond acceptors (Lipinski definition) is 1. The van der Waals surface area contributed by atoms with Crippen molar-refractivity contribution in [1.82, 2.24) is 0 Å². The summed E-state index contributed by atoms with van der Waals surface area (Å²) in [5.74, 6) is 0. The van der Waals surface area contributed by atoms with Crippen LogP contribution in [0.2, 0.25) is 10.0 Å². The van der Waals surface area contributed by atoms with E-state index in [0.717, 1.165) is 12.1 Å². The van der Waals surface area contributed by atoms with Gasteiger partial charge >= 0.3 is 0 Å². The normalized spacial score (nSPS) is 17.9. The maximum absolute atomic E-state index is 6.06. The molecule has 0 spiro atoms. The lowest BCUT2D eigenvalue weighted by Gasteiger charge is -2.27. The fourth-order valence-corrected chi connectivity index (χ4v) is 2.99. The SMILES string of the molecule is Clc1ccc(NC2CCCc3ccccc32)cc1Cl. The van der Waals surface area contributed by atoms with Gasteiger partial charge in [-0.15, -0.1) is 0 Å². The summed E-state index contributed by atoms with van der Waals surface area (Å²) in [5.41, 5.74) is 3.88. The molecule has 1 atom stereocenters. The Hall–Kier alpha value is -1.18. The predicted octanol–water partition coefficient (Wildman–Crippen LogP) is 5.48. The average molecular weight is 292 g/mol. The maximum atomic E-state index is 6.06. The second-order valence-electron chi connectivity index (χ2n) is 4.92. The lowest BCUT2D eigenvalue weighted by atomic mass is 9.87. The van der Waals surface area contributed by atoms with Crippen molar-refractivity contribution in [1.29, 1.82) is 0 Å². The van der Waals surface area contributed by atoms with Crippen LogP contribution in [0.3, 0.4) is 0 Å². The number of anilines is 1. The van der Waals surface area contributed by atoms with Crippen molar-refractivity contribution in [3.8, 4) is 0 Å². The molecule has 0 heterocycles. The first-order valence-electron chi connectivity index (χ1n) is 6.53. The highest BCUT2D eigenvalue weighted by Gasteiger charge is 2.19. The third kappa shape index (κ3) is 2.72. The molecular formula is C16H15Cl2N. The molecule has 0 saturated carbocycles. The molecule has 19 heavy (non-hydrogen) atoms. The Morgan fingerprint density at radius 3 is 2.68 bits per heavy atom. The van der Waals surface area contributed by atoms with Gasteiger partial charge in [-0.3, -0.25) is 0 Å². The van der Waals surface area contributed by atoms with Crippen LogP contribution in [0.1, 0.15) is 30.0 Å². The first-order chi connectivity index (χ1) is 9.24. The van der Waals surface area contributed by atoms with Gasteiger partial charge in [-0.05, 0) is 48.6 Å². The molecule has 1 unspecified atom stereocenters. The minimum absolute atomic E-state index is 0.363. The standard InChI is InChI=1S/C16H15Cl2N/c17-14-9-8-12(10-15(14)18)19-16-7-3-5-11-4-1-2-6-13(11)16/h1-2,4,6,8-10,16,19H,3,5,7H2. The fourth-order valence-electron chi connectivity index (χ4n) is 2.69. The van der Waals surface area contributed by atoms with Gasteiger partial charge in [0.2, 0.25) is 0 Å². The molecule has 1 N–H and O–H groups in total. The van der Waals surface area contributed by atoms with Crippen LogP contribution in [0.25, 0.3) is 0 Å². The van der Waals surface area contributed by atoms with Crippen LogP contribution in [0, 0.1) is 0 Å². The third-order valence-corrected chi connectivity index (χ3v) is 4.37. The Bertz CT molecular complexity index is 595. The molecular weight excluding hydrogens is 277 g/mol. The largest absolute Gasteiger partial charge is 0.378 e. The Morgan fingerprint density at radius 1 is 1.00 bits per heavy atom. The van der Waals surface area contributed by atoms with E-state index in [-0.39, 0.29) is 0 Å². The van der Waals surface area contributed by atoms with Crippen LogP contribution < -0.4 is 5.32 Å². The zero-order chi connectivity index (χ0) is 13.2. The van der Waals surface area contributed by atoms with Gasteiger partial charge in [-0.2, -0.15) is 0 Å². The van der Waals surface area contributed by atoms with Crippen LogP contribution in [0.15, 0.2) is 42.5 Å². The van der Waals surface area contributed by atoms with Gasteiger partial charge in [0, 0.05) is 5.69 Å². The summed E-state index contributed by atoms with van der Waals surface area (Å²) >= 11 is 12.0. The molecule has 1 nitrogen and oxygen atoms in total. The van der Waals surface area contributed by atoms with E-state index < -0.39 is 0 Å². The minimum atomic E-state index is 0.363. The number of aryl methyl sites for hydroxylation is 1. The van der Waals surface area contributed by atoms with E-state index in [1.54, 1.807) is 0 Å². The van der Waals surface area contributed by atoms with E-state index in [2.05, 4.69) is 29.6 Å². The van der Waals surface area contributed by atoms with Crippen LogP contribution in [0.4, 0.5) is 5.69 Å². The van der Waals surface area contributed by atoms with Crippen LogP contribution >= 0.6 is 23.2 Å². The van der Waals surface area contributed by atoms with E-state index >= 15 is 0 Å². The molecule has 98 valence electrons. The Kier molecular flexibility index (Phi) is 3.67. The topological polar surface area (TPSA) is 12.0 Å². The summed E-state index contributed by atoms with van der Waals surface area (Å²) in [5, 5.41) is 4.75. The summed E-state index contributed by atoms with van der Waals surface area (Å²) in [6.07, 6.45) is 3.54. The van der Waals surface area contributed by atoms with Gasteiger partial charge in [0.1, 0.15) is 0 Å². The predicted molar refractivity (Wildman–Crippen MR) is 82.2 cm³/mol. The first-order valence-corrected chi connectivity index (χ1v) is 7.29. The van der Waals surface area contributed by atoms with Gasteiger partial charge in [0.25, 0.3) is 0 Å². The number of nitrogens with one attached hydrogen (secondary N) is 1. The molecule has 0 radical (unpaired) electrons. The molecule has 0 fully saturated rings. The summed E-state index contributed by atoms with van der Waals surface area (Å²) in [7, 11) is 0. The summed E-state index contributed by atoms with van der Waals surface area (Å²) < 4.78 is 0. The second-order valence-corrected chi connectivity index (χ2v) is 5.73. The van der Waals surface area contributed by atoms with E-state index in [1.165, 1.54) is 24.0 Å². The number of benzene rings is 2. The van der Waals surface area contributed by atoms with Crippen molar-refractivity contribution in [2.45, 2.75) is 25.3 Å². The quantitative estimate of drug-likeness (QED) is 0.772. The highest BCUT2D eigenvalue weighted by atomic mass is 35.5. The number of fused-ring (bicyclic) bond motifs is 1. The number of hydrogen-bond donors (Lipinski definition) is 1. The van der Waals surface area contributed by atoms with Gasteiger partial charge in [-0.25, -0.2) is 0 Å². The first kappa shape index (κ1) is 12.8. The van der Waals surface area contributed by atoms with Crippen molar-refractivity contribution >= 4 is 28.9 Å². The molecule has 0 bridgehead atoms. The third-order valence-electron chi connectivity index (χ3n) is 3.63. The molecule has 0 amide bonds. The van der Waals surface area contributed by atoms with Crippen molar-refractivity contribution in [2.75, 3.05) is 5.32 Å².